The van der Waals surface area contributed by atoms with Crippen molar-refractivity contribution in [1.82, 2.24) is 0 Å². The van der Waals surface area contributed by atoms with E-state index in [-0.39, 0.29) is 24.4 Å². The summed E-state index contributed by atoms with van der Waals surface area (Å²) in [5.41, 5.74) is 6.02. The van der Waals surface area contributed by atoms with Crippen molar-refractivity contribution in [3.8, 4) is 11.8 Å². The molecule has 0 aliphatic carbocycles. The first-order valence-electron chi connectivity index (χ1n) is 6.02. The number of nitriles is 1. The number of carbonyl (C=O) groups is 2. The van der Waals surface area contributed by atoms with Gasteiger partial charge < -0.3 is 4.74 Å². The summed E-state index contributed by atoms with van der Waals surface area (Å²) in [6.45, 7) is 2.86. The zero-order valence-corrected chi connectivity index (χ0v) is 11.3. The van der Waals surface area contributed by atoms with Crippen LogP contribution >= 0.6 is 0 Å². The third-order valence-corrected chi connectivity index (χ3v) is 2.79. The maximum atomic E-state index is 11.7. The number of Topliss-reactive ketones (excluding diaryl/α,β-unsaturated/α-hetero) is 1. The normalized spacial score (nSPS) is 12.8. The third-order valence-electron chi connectivity index (χ3n) is 2.79. The molecule has 0 amide bonds. The zero-order valence-electron chi connectivity index (χ0n) is 11.3. The first-order valence-corrected chi connectivity index (χ1v) is 6.02. The van der Waals surface area contributed by atoms with Crippen LogP contribution in [0.25, 0.3) is 0 Å². The fourth-order valence-corrected chi connectivity index (χ4v) is 1.50. The second kappa shape index (κ2) is 6.57. The molecule has 0 saturated heterocycles. The van der Waals surface area contributed by atoms with Gasteiger partial charge in [-0.2, -0.15) is 10.4 Å². The summed E-state index contributed by atoms with van der Waals surface area (Å²) in [6, 6.07) is 8.31. The molecule has 1 rings (SSSR count). The zero-order chi connectivity index (χ0) is 15.2. The Morgan fingerprint density at radius 3 is 2.65 bits per heavy atom. The summed E-state index contributed by atoms with van der Waals surface area (Å²) < 4.78 is 5.12. The molecule has 1 aromatic rings. The van der Waals surface area contributed by atoms with Crippen molar-refractivity contribution in [1.29, 1.82) is 10.8 Å². The number of nitrogens with zero attached hydrogens (tertiary/aromatic N) is 2. The van der Waals surface area contributed by atoms with Gasteiger partial charge in [0.05, 0.1) is 11.6 Å². The van der Waals surface area contributed by atoms with Gasteiger partial charge >= 0.3 is 5.97 Å². The van der Waals surface area contributed by atoms with Gasteiger partial charge in [0.25, 0.3) is 0 Å². The molecule has 1 atom stereocenters. The average molecular weight is 273 g/mol. The van der Waals surface area contributed by atoms with Gasteiger partial charge in [-0.1, -0.05) is 12.1 Å². The van der Waals surface area contributed by atoms with Crippen LogP contribution in [-0.2, 0) is 4.79 Å². The average Bonchev–Trinajstić information content (AvgIpc) is 2.45. The van der Waals surface area contributed by atoms with Crippen LogP contribution in [-0.4, -0.2) is 17.3 Å². The highest BCUT2D eigenvalue weighted by Gasteiger charge is 2.24. The Morgan fingerprint density at radius 2 is 2.10 bits per heavy atom. The van der Waals surface area contributed by atoms with Crippen LogP contribution < -0.4 is 4.74 Å². The van der Waals surface area contributed by atoms with Crippen molar-refractivity contribution in [2.45, 2.75) is 32.2 Å². The number of esters is 1. The first kappa shape index (κ1) is 15.5. The molecule has 1 aromatic carbocycles. The number of para-hydroxylation sites is 1. The minimum atomic E-state index is -1.22. The number of benzene rings is 1. The molecule has 0 fully saturated rings. The van der Waals surface area contributed by atoms with Crippen molar-refractivity contribution in [2.75, 3.05) is 0 Å². The van der Waals surface area contributed by atoms with E-state index in [0.717, 1.165) is 0 Å². The second-order valence-electron chi connectivity index (χ2n) is 4.52. The molecule has 0 aromatic heterocycles. The Labute approximate surface area is 116 Å². The van der Waals surface area contributed by atoms with Gasteiger partial charge in [0.15, 0.2) is 11.3 Å². The van der Waals surface area contributed by atoms with Crippen LogP contribution in [0.5, 0.6) is 5.75 Å². The Kier molecular flexibility index (Phi) is 5.09. The molecule has 6 heteroatoms. The van der Waals surface area contributed by atoms with E-state index < -0.39 is 11.5 Å². The fourth-order valence-electron chi connectivity index (χ4n) is 1.50. The lowest BCUT2D eigenvalue weighted by Crippen LogP contribution is -2.21. The van der Waals surface area contributed by atoms with Crippen LogP contribution in [0.15, 0.2) is 29.4 Å². The number of ether oxygens (including phenoxy) is 1. The highest BCUT2D eigenvalue weighted by Crippen LogP contribution is 2.21. The van der Waals surface area contributed by atoms with Crippen LogP contribution in [0.2, 0.25) is 0 Å². The Balaban J connectivity index is 2.71. The molecular formula is C14H15N3O3. The third kappa shape index (κ3) is 3.99. The SMILES string of the molecule is CC(=O)c1ccccc1OC(=O)CCC(C)(C#N)N=N. The van der Waals surface area contributed by atoms with Gasteiger partial charge in [-0.25, -0.2) is 5.53 Å². The number of carbonyl (C=O) groups excluding carboxylic acids is 2. The van der Waals surface area contributed by atoms with Gasteiger partial charge in [-0.15, -0.1) is 0 Å². The molecule has 0 bridgehead atoms. The number of ketones is 1. The van der Waals surface area contributed by atoms with Gasteiger partial charge in [0.1, 0.15) is 5.75 Å². The smallest absolute Gasteiger partial charge is 0.311 e. The van der Waals surface area contributed by atoms with E-state index in [4.69, 9.17) is 15.5 Å². The molecule has 104 valence electrons. The lowest BCUT2D eigenvalue weighted by molar-refractivity contribution is -0.134. The molecule has 0 aliphatic heterocycles. The minimum Gasteiger partial charge on any atom is -0.426 e. The highest BCUT2D eigenvalue weighted by molar-refractivity contribution is 5.97. The van der Waals surface area contributed by atoms with Crippen LogP contribution in [0, 0.1) is 16.9 Å². The number of nitrogens with one attached hydrogen (secondary N) is 1. The van der Waals surface area contributed by atoms with Gasteiger partial charge in [0, 0.05) is 6.42 Å². The summed E-state index contributed by atoms with van der Waals surface area (Å²) in [7, 11) is 0. The molecule has 0 aliphatic rings. The molecule has 20 heavy (non-hydrogen) atoms. The summed E-state index contributed by atoms with van der Waals surface area (Å²) in [5.74, 6) is -0.563. The van der Waals surface area contributed by atoms with Crippen molar-refractivity contribution in [3.63, 3.8) is 0 Å². The van der Waals surface area contributed by atoms with Gasteiger partial charge in [-0.3, -0.25) is 9.59 Å². The highest BCUT2D eigenvalue weighted by atomic mass is 16.5. The topological polar surface area (TPSA) is 103 Å². The lowest BCUT2D eigenvalue weighted by atomic mass is 9.99. The van der Waals surface area contributed by atoms with Crippen LogP contribution in [0.4, 0.5) is 0 Å². The maximum absolute atomic E-state index is 11.7. The predicted molar refractivity (Wildman–Crippen MR) is 70.5 cm³/mol. The summed E-state index contributed by atoms with van der Waals surface area (Å²) in [4.78, 5) is 23.1. The summed E-state index contributed by atoms with van der Waals surface area (Å²) in [6.07, 6.45) is 0.0345. The standard InChI is InChI=1S/C14H15N3O3/c1-10(18)11-5-3-4-6-12(11)20-13(19)7-8-14(2,9-15)17-16/h3-6,16H,7-8H2,1-2H3. The van der Waals surface area contributed by atoms with Crippen molar-refractivity contribution in [2.24, 2.45) is 5.11 Å². The van der Waals surface area contributed by atoms with E-state index in [1.165, 1.54) is 19.9 Å². The molecule has 0 radical (unpaired) electrons. The predicted octanol–water partition coefficient (Wildman–Crippen LogP) is 2.89. The largest absolute Gasteiger partial charge is 0.426 e. The van der Waals surface area contributed by atoms with Crippen molar-refractivity contribution in [3.05, 3.63) is 29.8 Å². The molecule has 0 heterocycles. The van der Waals surface area contributed by atoms with Crippen LogP contribution in [0.3, 0.4) is 0 Å². The van der Waals surface area contributed by atoms with E-state index in [2.05, 4.69) is 5.11 Å². The first-order chi connectivity index (χ1) is 9.41. The Morgan fingerprint density at radius 1 is 1.45 bits per heavy atom. The van der Waals surface area contributed by atoms with E-state index in [9.17, 15) is 9.59 Å². The summed E-state index contributed by atoms with van der Waals surface area (Å²) >= 11 is 0. The van der Waals surface area contributed by atoms with Gasteiger partial charge in [-0.05, 0) is 32.4 Å². The number of rotatable bonds is 6. The minimum absolute atomic E-state index is 0.0569. The second-order valence-corrected chi connectivity index (χ2v) is 4.52. The fraction of sp³-hybridized carbons (Fsp3) is 0.357. The van der Waals surface area contributed by atoms with Crippen LogP contribution in [0.1, 0.15) is 37.0 Å². The molecule has 1 unspecified atom stereocenters. The Bertz CT molecular complexity index is 577. The lowest BCUT2D eigenvalue weighted by Gasteiger charge is -2.13. The molecule has 0 spiro atoms. The quantitative estimate of drug-likeness (QED) is 0.372. The van der Waals surface area contributed by atoms with E-state index in [0.29, 0.717) is 5.56 Å². The molecule has 0 saturated carbocycles. The van der Waals surface area contributed by atoms with E-state index >= 15 is 0 Å². The monoisotopic (exact) mass is 273 g/mol. The van der Waals surface area contributed by atoms with Crippen molar-refractivity contribution < 1.29 is 14.3 Å². The number of hydrogen-bond acceptors (Lipinski definition) is 6. The summed E-state index contributed by atoms with van der Waals surface area (Å²) in [5, 5.41) is 12.0. The maximum Gasteiger partial charge on any atom is 0.311 e. The molecular weight excluding hydrogens is 258 g/mol. The molecule has 6 nitrogen and oxygen atoms in total. The molecule has 1 N–H and O–H groups in total. The van der Waals surface area contributed by atoms with Gasteiger partial charge in [0.2, 0.25) is 0 Å². The number of hydrogen-bond donors (Lipinski definition) is 1. The van der Waals surface area contributed by atoms with E-state index in [1.54, 1.807) is 18.2 Å². The van der Waals surface area contributed by atoms with E-state index in [1.807, 2.05) is 6.07 Å². The Hall–Kier alpha value is -2.55. The van der Waals surface area contributed by atoms with Crippen molar-refractivity contribution >= 4 is 11.8 Å².